The second-order valence-electron chi connectivity index (χ2n) is 4.15. The summed E-state index contributed by atoms with van der Waals surface area (Å²) >= 11 is 0. The second kappa shape index (κ2) is 3.69. The van der Waals surface area contributed by atoms with Gasteiger partial charge in [0, 0.05) is 25.4 Å². The van der Waals surface area contributed by atoms with Gasteiger partial charge in [-0.2, -0.15) is 0 Å². The minimum atomic E-state index is 0.269. The van der Waals surface area contributed by atoms with Crippen molar-refractivity contribution in [2.75, 3.05) is 0 Å². The molecule has 78 valence electrons. The topological polar surface area (TPSA) is 56.7 Å². The summed E-state index contributed by atoms with van der Waals surface area (Å²) in [6.45, 7) is 5.24. The largest absolute Gasteiger partial charge is 0.328 e. The summed E-state index contributed by atoms with van der Waals surface area (Å²) in [6, 6.07) is 0.269. The third kappa shape index (κ3) is 1.54. The minimum Gasteiger partial charge on any atom is -0.328 e. The maximum absolute atomic E-state index is 5.91. The van der Waals surface area contributed by atoms with Crippen molar-refractivity contribution in [2.24, 2.45) is 11.7 Å². The van der Waals surface area contributed by atoms with E-state index in [0.717, 1.165) is 37.5 Å². The lowest BCUT2D eigenvalue weighted by Crippen LogP contribution is -2.33. The molecule has 1 aliphatic rings. The van der Waals surface area contributed by atoms with Gasteiger partial charge in [-0.25, -0.2) is 0 Å². The average Bonchev–Trinajstić information content (AvgIpc) is 2.59. The molecule has 2 heterocycles. The summed E-state index contributed by atoms with van der Waals surface area (Å²) in [5.74, 6) is 2.81. The van der Waals surface area contributed by atoms with Gasteiger partial charge in [0.2, 0.25) is 0 Å². The quantitative estimate of drug-likeness (QED) is 0.756. The molecule has 0 spiro atoms. The highest BCUT2D eigenvalue weighted by Gasteiger charge is 2.24. The molecule has 2 N–H and O–H groups in total. The first-order valence-electron chi connectivity index (χ1n) is 5.39. The molecule has 2 rings (SSSR count). The first kappa shape index (κ1) is 9.65. The molecule has 1 aromatic rings. The molecule has 0 amide bonds. The third-order valence-corrected chi connectivity index (χ3v) is 3.13. The van der Waals surface area contributed by atoms with Crippen LogP contribution < -0.4 is 5.73 Å². The Morgan fingerprint density at radius 1 is 1.57 bits per heavy atom. The smallest absolute Gasteiger partial charge is 0.133 e. The number of hydrogen-bond donors (Lipinski definition) is 1. The zero-order valence-electron chi connectivity index (χ0n) is 8.90. The van der Waals surface area contributed by atoms with Crippen molar-refractivity contribution < 1.29 is 0 Å². The number of nitrogens with two attached hydrogens (primary N) is 1. The van der Waals surface area contributed by atoms with Gasteiger partial charge >= 0.3 is 0 Å². The van der Waals surface area contributed by atoms with E-state index in [0.29, 0.717) is 5.92 Å². The number of hydrogen-bond acceptors (Lipinski definition) is 3. The lowest BCUT2D eigenvalue weighted by Gasteiger charge is -2.26. The molecule has 0 bridgehead atoms. The van der Waals surface area contributed by atoms with Crippen molar-refractivity contribution in [3.63, 3.8) is 0 Å². The van der Waals surface area contributed by atoms with Gasteiger partial charge in [-0.15, -0.1) is 10.2 Å². The molecule has 0 saturated heterocycles. The molecule has 2 atom stereocenters. The van der Waals surface area contributed by atoms with Crippen LogP contribution in [-0.2, 0) is 19.4 Å². The molecule has 1 aliphatic heterocycles. The second-order valence-corrected chi connectivity index (χ2v) is 4.15. The summed E-state index contributed by atoms with van der Waals surface area (Å²) in [5.41, 5.74) is 5.91. The Kier molecular flexibility index (Phi) is 2.54. The SMILES string of the molecule is CCc1nnc2n1CCC(C(C)N)C2. The van der Waals surface area contributed by atoms with E-state index in [2.05, 4.69) is 28.6 Å². The van der Waals surface area contributed by atoms with E-state index >= 15 is 0 Å². The van der Waals surface area contributed by atoms with Crippen LogP contribution in [0.2, 0.25) is 0 Å². The molecular weight excluding hydrogens is 176 g/mol. The van der Waals surface area contributed by atoms with Crippen molar-refractivity contribution in [3.05, 3.63) is 11.6 Å². The summed E-state index contributed by atoms with van der Waals surface area (Å²) in [6.07, 6.45) is 3.12. The van der Waals surface area contributed by atoms with Crippen LogP contribution in [0.4, 0.5) is 0 Å². The van der Waals surface area contributed by atoms with Crippen LogP contribution >= 0.6 is 0 Å². The highest BCUT2D eigenvalue weighted by Crippen LogP contribution is 2.22. The summed E-state index contributed by atoms with van der Waals surface area (Å²) in [4.78, 5) is 0. The Morgan fingerprint density at radius 2 is 2.36 bits per heavy atom. The third-order valence-electron chi connectivity index (χ3n) is 3.13. The number of fused-ring (bicyclic) bond motifs is 1. The monoisotopic (exact) mass is 194 g/mol. The van der Waals surface area contributed by atoms with Gasteiger partial charge in [0.25, 0.3) is 0 Å². The van der Waals surface area contributed by atoms with Crippen LogP contribution in [0.1, 0.15) is 31.9 Å². The molecule has 0 radical (unpaired) electrons. The molecular formula is C10H18N4. The standard InChI is InChI=1S/C10H18N4/c1-3-9-12-13-10-6-8(7(2)11)4-5-14(9)10/h7-8H,3-6,11H2,1-2H3. The predicted octanol–water partition coefficient (Wildman–Crippen LogP) is 0.750. The van der Waals surface area contributed by atoms with Crippen molar-refractivity contribution in [3.8, 4) is 0 Å². The van der Waals surface area contributed by atoms with Crippen LogP contribution in [0.25, 0.3) is 0 Å². The minimum absolute atomic E-state index is 0.269. The number of aryl methyl sites for hydroxylation is 1. The zero-order valence-corrected chi connectivity index (χ0v) is 8.90. The van der Waals surface area contributed by atoms with Crippen LogP contribution in [0.3, 0.4) is 0 Å². The number of rotatable bonds is 2. The zero-order chi connectivity index (χ0) is 10.1. The van der Waals surface area contributed by atoms with Gasteiger partial charge < -0.3 is 10.3 Å². The predicted molar refractivity (Wildman–Crippen MR) is 54.9 cm³/mol. The van der Waals surface area contributed by atoms with Crippen LogP contribution in [-0.4, -0.2) is 20.8 Å². The lowest BCUT2D eigenvalue weighted by atomic mass is 9.91. The Hall–Kier alpha value is -0.900. The highest BCUT2D eigenvalue weighted by molar-refractivity contribution is 5.01. The van der Waals surface area contributed by atoms with E-state index in [1.807, 2.05) is 0 Å². The van der Waals surface area contributed by atoms with Crippen molar-refractivity contribution in [1.82, 2.24) is 14.8 Å². The van der Waals surface area contributed by atoms with E-state index < -0.39 is 0 Å². The summed E-state index contributed by atoms with van der Waals surface area (Å²) in [5, 5.41) is 8.40. The molecule has 4 nitrogen and oxygen atoms in total. The van der Waals surface area contributed by atoms with E-state index in [4.69, 9.17) is 5.73 Å². The van der Waals surface area contributed by atoms with Crippen LogP contribution in [0.15, 0.2) is 0 Å². The molecule has 0 aliphatic carbocycles. The molecule has 0 fully saturated rings. The maximum atomic E-state index is 5.91. The highest BCUT2D eigenvalue weighted by atomic mass is 15.3. The van der Waals surface area contributed by atoms with E-state index in [1.54, 1.807) is 0 Å². The molecule has 2 unspecified atom stereocenters. The summed E-state index contributed by atoms with van der Waals surface area (Å²) in [7, 11) is 0. The summed E-state index contributed by atoms with van der Waals surface area (Å²) < 4.78 is 2.25. The number of aromatic nitrogens is 3. The van der Waals surface area contributed by atoms with Crippen LogP contribution in [0.5, 0.6) is 0 Å². The Labute approximate surface area is 84.5 Å². The Morgan fingerprint density at radius 3 is 3.00 bits per heavy atom. The van der Waals surface area contributed by atoms with E-state index in [9.17, 15) is 0 Å². The van der Waals surface area contributed by atoms with Gasteiger partial charge in [-0.1, -0.05) is 6.92 Å². The normalized spacial score (nSPS) is 23.2. The van der Waals surface area contributed by atoms with Crippen molar-refractivity contribution in [1.29, 1.82) is 0 Å². The van der Waals surface area contributed by atoms with Gasteiger partial charge in [0.1, 0.15) is 11.6 Å². The molecule has 0 aromatic carbocycles. The first-order chi connectivity index (χ1) is 6.72. The average molecular weight is 194 g/mol. The molecule has 4 heteroatoms. The Bertz CT molecular complexity index is 316. The Balaban J connectivity index is 2.20. The first-order valence-corrected chi connectivity index (χ1v) is 5.39. The fourth-order valence-corrected chi connectivity index (χ4v) is 2.12. The van der Waals surface area contributed by atoms with Crippen molar-refractivity contribution in [2.45, 2.75) is 45.7 Å². The molecule has 0 saturated carbocycles. The molecule has 14 heavy (non-hydrogen) atoms. The van der Waals surface area contributed by atoms with Crippen LogP contribution in [0, 0.1) is 5.92 Å². The van der Waals surface area contributed by atoms with E-state index in [1.165, 1.54) is 0 Å². The van der Waals surface area contributed by atoms with Crippen molar-refractivity contribution >= 4 is 0 Å². The molecule has 1 aromatic heterocycles. The maximum Gasteiger partial charge on any atom is 0.133 e. The fraction of sp³-hybridized carbons (Fsp3) is 0.800. The fourth-order valence-electron chi connectivity index (χ4n) is 2.12. The lowest BCUT2D eigenvalue weighted by molar-refractivity contribution is 0.334. The van der Waals surface area contributed by atoms with Gasteiger partial charge in [0.05, 0.1) is 0 Å². The van der Waals surface area contributed by atoms with Gasteiger partial charge in [-0.05, 0) is 19.3 Å². The van der Waals surface area contributed by atoms with Gasteiger partial charge in [-0.3, -0.25) is 0 Å². The number of nitrogens with zero attached hydrogens (tertiary/aromatic N) is 3. The van der Waals surface area contributed by atoms with Gasteiger partial charge in [0.15, 0.2) is 0 Å². The van der Waals surface area contributed by atoms with E-state index in [-0.39, 0.29) is 6.04 Å².